The van der Waals surface area contributed by atoms with E-state index in [2.05, 4.69) is 30.4 Å². The zero-order valence-electron chi connectivity index (χ0n) is 7.30. The highest BCUT2D eigenvalue weighted by Gasteiger charge is 2.15. The minimum absolute atomic E-state index is 0.149. The van der Waals surface area contributed by atoms with Crippen LogP contribution in [0, 0.1) is 0 Å². The molecule has 0 spiro atoms. The van der Waals surface area contributed by atoms with E-state index in [0.717, 1.165) is 0 Å². The molecule has 0 atom stereocenters. The van der Waals surface area contributed by atoms with Crippen molar-refractivity contribution in [3.8, 4) is 0 Å². The largest absolute Gasteiger partial charge is 0.412 e. The minimum atomic E-state index is -1.19. The van der Waals surface area contributed by atoms with Gasteiger partial charge >= 0.3 is 12.1 Å². The Bertz CT molecular complexity index is 501. The Hall–Kier alpha value is -2.51. The Morgan fingerprint density at radius 3 is 2.93 bits per heavy atom. The number of nitrogens with two attached hydrogens (primary N) is 1. The molecule has 0 saturated heterocycles. The van der Waals surface area contributed by atoms with Crippen LogP contribution in [0.2, 0.25) is 0 Å². The van der Waals surface area contributed by atoms with Gasteiger partial charge in [-0.05, 0) is 0 Å². The van der Waals surface area contributed by atoms with Gasteiger partial charge in [0.2, 0.25) is 5.82 Å². The van der Waals surface area contributed by atoms with Crippen LogP contribution in [-0.4, -0.2) is 32.0 Å². The number of carbonyl (C=O) groups is 2. The number of carbonyl (C=O) groups excluding carboxylic acids is 2. The maximum absolute atomic E-state index is 11.2. The number of nitrogens with zero attached hydrogens (tertiary/aromatic N) is 3. The van der Waals surface area contributed by atoms with Crippen molar-refractivity contribution in [1.82, 2.24) is 19.9 Å². The van der Waals surface area contributed by atoms with Crippen LogP contribution in [0.25, 0.3) is 11.2 Å². The molecule has 0 aliphatic rings. The number of aromatic amines is 1. The average Bonchev–Trinajstić information content (AvgIpc) is 2.59. The molecule has 0 aliphatic heterocycles. The van der Waals surface area contributed by atoms with Crippen molar-refractivity contribution in [3.05, 3.63) is 18.3 Å². The molecule has 8 nitrogen and oxygen atoms in total. The Morgan fingerprint density at radius 1 is 1.47 bits per heavy atom. The Balaban J connectivity index is 2.36. The number of esters is 1. The van der Waals surface area contributed by atoms with Gasteiger partial charge in [-0.15, -0.1) is 0 Å². The van der Waals surface area contributed by atoms with Crippen molar-refractivity contribution in [3.63, 3.8) is 0 Å². The minimum Gasteiger partial charge on any atom is -0.370 e. The molecule has 2 aromatic heterocycles. The van der Waals surface area contributed by atoms with Crippen LogP contribution in [0.1, 0.15) is 10.6 Å². The van der Waals surface area contributed by atoms with Crippen molar-refractivity contribution in [2.45, 2.75) is 0 Å². The van der Waals surface area contributed by atoms with Gasteiger partial charge in [-0.1, -0.05) is 0 Å². The number of amides is 1. The molecule has 0 bridgehead atoms. The van der Waals surface area contributed by atoms with Gasteiger partial charge in [0.15, 0.2) is 5.65 Å². The lowest BCUT2D eigenvalue weighted by Gasteiger charge is -1.93. The number of imidazole rings is 1. The SMILES string of the molecule is NC(=O)OC(=O)c1nc2ncncc2[nH]1. The number of primary amides is 1. The third-order valence-corrected chi connectivity index (χ3v) is 1.55. The molecule has 1 amide bonds. The average molecular weight is 207 g/mol. The molecule has 76 valence electrons. The Kier molecular flexibility index (Phi) is 2.01. The second-order valence-electron chi connectivity index (χ2n) is 2.55. The number of fused-ring (bicyclic) bond motifs is 1. The normalized spacial score (nSPS) is 10.1. The fourth-order valence-electron chi connectivity index (χ4n) is 0.998. The Morgan fingerprint density at radius 2 is 2.27 bits per heavy atom. The van der Waals surface area contributed by atoms with Crippen molar-refractivity contribution in [2.75, 3.05) is 0 Å². The van der Waals surface area contributed by atoms with E-state index in [4.69, 9.17) is 0 Å². The first-order valence-electron chi connectivity index (χ1n) is 3.84. The van der Waals surface area contributed by atoms with E-state index in [0.29, 0.717) is 11.2 Å². The topological polar surface area (TPSA) is 124 Å². The van der Waals surface area contributed by atoms with Crippen molar-refractivity contribution in [2.24, 2.45) is 5.73 Å². The molecule has 2 heterocycles. The molecule has 0 saturated carbocycles. The fourth-order valence-corrected chi connectivity index (χ4v) is 0.998. The lowest BCUT2D eigenvalue weighted by Crippen LogP contribution is -2.19. The highest BCUT2D eigenvalue weighted by atomic mass is 16.6. The molecular formula is C7H5N5O3. The summed E-state index contributed by atoms with van der Waals surface area (Å²) in [7, 11) is 0. The molecule has 8 heteroatoms. The van der Waals surface area contributed by atoms with E-state index >= 15 is 0 Å². The molecule has 0 unspecified atom stereocenters. The maximum Gasteiger partial charge on any atom is 0.412 e. The molecule has 2 rings (SSSR count). The van der Waals surface area contributed by atoms with Crippen LogP contribution in [0.15, 0.2) is 12.5 Å². The number of H-pyrrole nitrogens is 1. The van der Waals surface area contributed by atoms with E-state index in [1.54, 1.807) is 0 Å². The van der Waals surface area contributed by atoms with Crippen LogP contribution in [0.3, 0.4) is 0 Å². The smallest absolute Gasteiger partial charge is 0.370 e. The molecule has 0 fully saturated rings. The zero-order chi connectivity index (χ0) is 10.8. The first-order valence-corrected chi connectivity index (χ1v) is 3.84. The first kappa shape index (κ1) is 9.06. The zero-order valence-corrected chi connectivity index (χ0v) is 7.30. The van der Waals surface area contributed by atoms with Crippen molar-refractivity contribution >= 4 is 23.2 Å². The number of aromatic nitrogens is 4. The van der Waals surface area contributed by atoms with Crippen LogP contribution < -0.4 is 5.73 Å². The van der Waals surface area contributed by atoms with Gasteiger partial charge in [0.25, 0.3) is 0 Å². The highest BCUT2D eigenvalue weighted by Crippen LogP contribution is 2.06. The summed E-state index contributed by atoms with van der Waals surface area (Å²) in [6.07, 6.45) is 1.54. The van der Waals surface area contributed by atoms with Gasteiger partial charge < -0.3 is 15.5 Å². The lowest BCUT2D eigenvalue weighted by molar-refractivity contribution is 0.0626. The third kappa shape index (κ3) is 1.73. The summed E-state index contributed by atoms with van der Waals surface area (Å²) in [5, 5.41) is 0. The van der Waals surface area contributed by atoms with E-state index < -0.39 is 12.1 Å². The van der Waals surface area contributed by atoms with Gasteiger partial charge in [-0.2, -0.15) is 0 Å². The van der Waals surface area contributed by atoms with Gasteiger partial charge in [0.05, 0.1) is 6.20 Å². The Labute approximate surface area is 82.5 Å². The van der Waals surface area contributed by atoms with Crippen molar-refractivity contribution < 1.29 is 14.3 Å². The summed E-state index contributed by atoms with van der Waals surface area (Å²) >= 11 is 0. The molecule has 3 N–H and O–H groups in total. The van der Waals surface area contributed by atoms with E-state index in [9.17, 15) is 9.59 Å². The van der Waals surface area contributed by atoms with E-state index in [1.807, 2.05) is 0 Å². The van der Waals surface area contributed by atoms with Crippen LogP contribution in [0.4, 0.5) is 4.79 Å². The van der Waals surface area contributed by atoms with Gasteiger partial charge in [-0.3, -0.25) is 0 Å². The predicted molar refractivity (Wildman–Crippen MR) is 46.7 cm³/mol. The lowest BCUT2D eigenvalue weighted by atomic mass is 10.6. The molecule has 0 aliphatic carbocycles. The van der Waals surface area contributed by atoms with Crippen LogP contribution in [0.5, 0.6) is 0 Å². The summed E-state index contributed by atoms with van der Waals surface area (Å²) in [4.78, 5) is 35.3. The summed E-state index contributed by atoms with van der Waals surface area (Å²) in [6, 6.07) is 0. The molecule has 0 radical (unpaired) electrons. The molecular weight excluding hydrogens is 202 g/mol. The van der Waals surface area contributed by atoms with Gasteiger partial charge in [-0.25, -0.2) is 24.5 Å². The number of hydrogen-bond donors (Lipinski definition) is 2. The molecule has 2 aromatic rings. The quantitative estimate of drug-likeness (QED) is 0.483. The molecule has 0 aromatic carbocycles. The summed E-state index contributed by atoms with van der Waals surface area (Å²) < 4.78 is 4.12. The summed E-state index contributed by atoms with van der Waals surface area (Å²) in [5.74, 6) is -1.11. The van der Waals surface area contributed by atoms with Crippen LogP contribution >= 0.6 is 0 Å². The maximum atomic E-state index is 11.2. The van der Waals surface area contributed by atoms with Crippen LogP contribution in [-0.2, 0) is 4.74 Å². The number of rotatable bonds is 1. The monoisotopic (exact) mass is 207 g/mol. The predicted octanol–water partition coefficient (Wildman–Crippen LogP) is -0.412. The van der Waals surface area contributed by atoms with Gasteiger partial charge in [0.1, 0.15) is 11.8 Å². The van der Waals surface area contributed by atoms with Crippen molar-refractivity contribution in [1.29, 1.82) is 0 Å². The summed E-state index contributed by atoms with van der Waals surface area (Å²) in [6.45, 7) is 0. The van der Waals surface area contributed by atoms with Gasteiger partial charge in [0, 0.05) is 0 Å². The third-order valence-electron chi connectivity index (χ3n) is 1.55. The number of hydrogen-bond acceptors (Lipinski definition) is 6. The molecule has 15 heavy (non-hydrogen) atoms. The number of nitrogens with one attached hydrogen (secondary N) is 1. The van der Waals surface area contributed by atoms with E-state index in [1.165, 1.54) is 12.5 Å². The standard InChI is InChI=1S/C7H5N5O3/c8-7(14)15-6(13)5-11-3-1-9-2-10-4(3)12-5/h1-2H,(H2,8,14)(H,9,10,11,12). The summed E-state index contributed by atoms with van der Waals surface area (Å²) in [5.41, 5.74) is 5.45. The van der Waals surface area contributed by atoms with E-state index in [-0.39, 0.29) is 5.82 Å². The highest BCUT2D eigenvalue weighted by molar-refractivity contribution is 5.95. The first-order chi connectivity index (χ1) is 7.16. The number of ether oxygens (including phenoxy) is 1. The second kappa shape index (κ2) is 3.33. The second-order valence-corrected chi connectivity index (χ2v) is 2.55. The fraction of sp³-hybridized carbons (Fsp3) is 0.